The highest BCUT2D eigenvalue weighted by Crippen LogP contribution is 2.34. The Morgan fingerprint density at radius 1 is 1.08 bits per heavy atom. The lowest BCUT2D eigenvalue weighted by Crippen LogP contribution is -2.26. The Bertz CT molecular complexity index is 727. The number of aromatic nitrogens is 4. The highest BCUT2D eigenvalue weighted by Gasteiger charge is 2.29. The number of aryl methyl sites for hydroxylation is 1. The van der Waals surface area contributed by atoms with Crippen LogP contribution in [0, 0.1) is 6.92 Å². The van der Waals surface area contributed by atoms with E-state index in [4.69, 9.17) is 4.98 Å². The molecule has 0 saturated carbocycles. The van der Waals surface area contributed by atoms with E-state index in [-0.39, 0.29) is 0 Å². The zero-order valence-electron chi connectivity index (χ0n) is 16.5. The first-order valence-corrected chi connectivity index (χ1v) is 9.13. The molecule has 0 N–H and O–H groups in total. The maximum Gasteiger partial charge on any atom is 0.224 e. The molecule has 3 heterocycles. The molecule has 0 spiro atoms. The molecule has 7 heteroatoms. The summed E-state index contributed by atoms with van der Waals surface area (Å²) in [6, 6.07) is 0.333. The fraction of sp³-hybridized carbons (Fsp3) is 0.579. The lowest BCUT2D eigenvalue weighted by molar-refractivity contribution is 0.240. The Morgan fingerprint density at radius 2 is 1.81 bits per heavy atom. The minimum absolute atomic E-state index is 0.333. The van der Waals surface area contributed by atoms with E-state index in [0.717, 1.165) is 43.4 Å². The maximum absolute atomic E-state index is 4.82. The fourth-order valence-electron chi connectivity index (χ4n) is 3.48. The van der Waals surface area contributed by atoms with Crippen LogP contribution in [0.1, 0.15) is 41.5 Å². The lowest BCUT2D eigenvalue weighted by atomic mass is 10.1. The Hall–Kier alpha value is -2.12. The molecular formula is C19H29N7. The van der Waals surface area contributed by atoms with Crippen LogP contribution < -0.4 is 4.90 Å². The van der Waals surface area contributed by atoms with Gasteiger partial charge in [0.2, 0.25) is 5.95 Å². The first-order valence-electron chi connectivity index (χ1n) is 9.13. The van der Waals surface area contributed by atoms with E-state index in [1.54, 1.807) is 0 Å². The topological polar surface area (TPSA) is 61.3 Å². The van der Waals surface area contributed by atoms with Crippen molar-refractivity contribution >= 4 is 5.95 Å². The van der Waals surface area contributed by atoms with Gasteiger partial charge in [0.15, 0.2) is 0 Å². The zero-order chi connectivity index (χ0) is 18.7. The van der Waals surface area contributed by atoms with E-state index < -0.39 is 0 Å². The molecule has 0 amide bonds. The van der Waals surface area contributed by atoms with E-state index in [0.29, 0.717) is 6.04 Å². The van der Waals surface area contributed by atoms with Crippen LogP contribution in [0.15, 0.2) is 18.6 Å². The van der Waals surface area contributed by atoms with Crippen LogP contribution in [0.2, 0.25) is 0 Å². The first-order chi connectivity index (χ1) is 12.4. The summed E-state index contributed by atoms with van der Waals surface area (Å²) in [5, 5.41) is 0. The summed E-state index contributed by atoms with van der Waals surface area (Å²) < 4.78 is 0. The van der Waals surface area contributed by atoms with Crippen molar-refractivity contribution in [2.75, 3.05) is 39.6 Å². The van der Waals surface area contributed by atoms with E-state index >= 15 is 0 Å². The average molecular weight is 355 g/mol. The fourth-order valence-corrected chi connectivity index (χ4v) is 3.48. The normalized spacial score (nSPS) is 17.8. The van der Waals surface area contributed by atoms with Crippen molar-refractivity contribution in [2.45, 2.75) is 38.9 Å². The van der Waals surface area contributed by atoms with Crippen molar-refractivity contribution in [3.05, 3.63) is 41.2 Å². The zero-order valence-corrected chi connectivity index (χ0v) is 16.5. The Kier molecular flexibility index (Phi) is 5.78. The quantitative estimate of drug-likeness (QED) is 0.786. The van der Waals surface area contributed by atoms with Gasteiger partial charge in [-0.3, -0.25) is 4.90 Å². The third-order valence-electron chi connectivity index (χ3n) is 4.66. The second-order valence-electron chi connectivity index (χ2n) is 7.48. The molecule has 1 atom stereocenters. The molecule has 0 radical (unpaired) electrons. The number of nitrogens with zero attached hydrogens (tertiary/aromatic N) is 7. The minimum atomic E-state index is 0.333. The summed E-state index contributed by atoms with van der Waals surface area (Å²) >= 11 is 0. The molecule has 0 unspecified atom stereocenters. The Balaban J connectivity index is 1.81. The van der Waals surface area contributed by atoms with Gasteiger partial charge in [0.05, 0.1) is 11.7 Å². The summed E-state index contributed by atoms with van der Waals surface area (Å²) in [4.78, 5) is 24.7. The highest BCUT2D eigenvalue weighted by atomic mass is 15.2. The number of rotatable bonds is 6. The van der Waals surface area contributed by atoms with E-state index in [9.17, 15) is 0 Å². The molecule has 2 aromatic rings. The predicted octanol–water partition coefficient (Wildman–Crippen LogP) is 2.04. The standard InChI is InChI=1S/C19H29N7/c1-14-20-11-16(13-24(2)3)18(23-14)17-7-6-8-26(17)12-15-9-21-19(22-10-15)25(4)5/h9-11,17H,6-8,12-13H2,1-5H3/t17-/m0/s1. The van der Waals surface area contributed by atoms with Crippen LogP contribution in [0.4, 0.5) is 5.95 Å². The molecule has 1 aliphatic rings. The monoisotopic (exact) mass is 355 g/mol. The predicted molar refractivity (Wildman–Crippen MR) is 103 cm³/mol. The number of likely N-dealkylation sites (tertiary alicyclic amines) is 1. The molecule has 140 valence electrons. The maximum atomic E-state index is 4.82. The van der Waals surface area contributed by atoms with E-state index in [2.05, 4.69) is 38.8 Å². The molecule has 3 rings (SSSR count). The second kappa shape index (κ2) is 8.05. The number of hydrogen-bond acceptors (Lipinski definition) is 7. The third kappa shape index (κ3) is 4.34. The van der Waals surface area contributed by atoms with Crippen molar-refractivity contribution in [1.29, 1.82) is 0 Å². The smallest absolute Gasteiger partial charge is 0.224 e. The van der Waals surface area contributed by atoms with Gasteiger partial charge in [0.25, 0.3) is 0 Å². The van der Waals surface area contributed by atoms with Crippen molar-refractivity contribution < 1.29 is 0 Å². The summed E-state index contributed by atoms with van der Waals surface area (Å²) in [5.41, 5.74) is 3.54. The summed E-state index contributed by atoms with van der Waals surface area (Å²) in [5.74, 6) is 1.58. The number of anilines is 1. The van der Waals surface area contributed by atoms with Crippen LogP contribution >= 0.6 is 0 Å². The van der Waals surface area contributed by atoms with Crippen LogP contribution in [-0.4, -0.2) is 64.5 Å². The highest BCUT2D eigenvalue weighted by molar-refractivity contribution is 5.27. The largest absolute Gasteiger partial charge is 0.347 e. The van der Waals surface area contributed by atoms with Gasteiger partial charge in [-0.05, 0) is 40.4 Å². The molecule has 0 aromatic carbocycles. The molecule has 1 fully saturated rings. The molecular weight excluding hydrogens is 326 g/mol. The van der Waals surface area contributed by atoms with Crippen LogP contribution in [-0.2, 0) is 13.1 Å². The molecule has 1 aliphatic heterocycles. The van der Waals surface area contributed by atoms with Crippen LogP contribution in [0.3, 0.4) is 0 Å². The van der Waals surface area contributed by atoms with Crippen molar-refractivity contribution in [1.82, 2.24) is 29.7 Å². The van der Waals surface area contributed by atoms with Gasteiger partial charge in [-0.25, -0.2) is 19.9 Å². The second-order valence-corrected chi connectivity index (χ2v) is 7.48. The molecule has 7 nitrogen and oxygen atoms in total. The van der Waals surface area contributed by atoms with Crippen LogP contribution in [0.25, 0.3) is 0 Å². The first kappa shape index (κ1) is 18.7. The van der Waals surface area contributed by atoms with E-state index in [1.807, 2.05) is 44.5 Å². The Morgan fingerprint density at radius 3 is 2.46 bits per heavy atom. The van der Waals surface area contributed by atoms with Gasteiger partial charge < -0.3 is 9.80 Å². The van der Waals surface area contributed by atoms with Gasteiger partial charge in [-0.15, -0.1) is 0 Å². The van der Waals surface area contributed by atoms with Crippen molar-refractivity contribution in [3.63, 3.8) is 0 Å². The third-order valence-corrected chi connectivity index (χ3v) is 4.66. The molecule has 1 saturated heterocycles. The Labute approximate surface area is 156 Å². The molecule has 26 heavy (non-hydrogen) atoms. The molecule has 0 aliphatic carbocycles. The molecule has 2 aromatic heterocycles. The van der Waals surface area contributed by atoms with Crippen LogP contribution in [0.5, 0.6) is 0 Å². The minimum Gasteiger partial charge on any atom is -0.347 e. The average Bonchev–Trinajstić information content (AvgIpc) is 3.04. The summed E-state index contributed by atoms with van der Waals surface area (Å²) in [6.07, 6.45) is 8.18. The van der Waals surface area contributed by atoms with E-state index in [1.165, 1.54) is 17.7 Å². The number of hydrogen-bond donors (Lipinski definition) is 0. The van der Waals surface area contributed by atoms with Gasteiger partial charge in [-0.2, -0.15) is 0 Å². The van der Waals surface area contributed by atoms with Gasteiger partial charge >= 0.3 is 0 Å². The van der Waals surface area contributed by atoms with Gasteiger partial charge in [-0.1, -0.05) is 0 Å². The van der Waals surface area contributed by atoms with Gasteiger partial charge in [0, 0.05) is 56.9 Å². The molecule has 0 bridgehead atoms. The SMILES string of the molecule is Cc1ncc(CN(C)C)c([C@@H]2CCCN2Cc2cnc(N(C)C)nc2)n1. The van der Waals surface area contributed by atoms with Gasteiger partial charge in [0.1, 0.15) is 5.82 Å². The lowest BCUT2D eigenvalue weighted by Gasteiger charge is -2.26. The summed E-state index contributed by atoms with van der Waals surface area (Å²) in [7, 11) is 8.07. The van der Waals surface area contributed by atoms with Crippen molar-refractivity contribution in [3.8, 4) is 0 Å². The van der Waals surface area contributed by atoms with Crippen molar-refractivity contribution in [2.24, 2.45) is 0 Å². The summed E-state index contributed by atoms with van der Waals surface area (Å²) in [6.45, 7) is 4.75.